The first kappa shape index (κ1) is 10.2. The van der Waals surface area contributed by atoms with Crippen LogP contribution in [0, 0.1) is 17.2 Å². The minimum Gasteiger partial charge on any atom is -0.334 e. The Kier molecular flexibility index (Phi) is 2.74. The minimum atomic E-state index is -0.125. The third-order valence-corrected chi connectivity index (χ3v) is 3.81. The first-order valence-electron chi connectivity index (χ1n) is 4.95. The summed E-state index contributed by atoms with van der Waals surface area (Å²) >= 11 is 1.65. The number of rotatable bonds is 2. The molecule has 0 N–H and O–H groups in total. The lowest BCUT2D eigenvalue weighted by Gasteiger charge is -2.23. The van der Waals surface area contributed by atoms with Crippen molar-refractivity contribution in [1.82, 2.24) is 4.90 Å². The van der Waals surface area contributed by atoms with Gasteiger partial charge in [-0.15, -0.1) is 11.3 Å². The summed E-state index contributed by atoms with van der Waals surface area (Å²) in [6, 6.07) is 6.29. The highest BCUT2D eigenvalue weighted by molar-refractivity contribution is 7.10. The van der Waals surface area contributed by atoms with Gasteiger partial charge in [-0.25, -0.2) is 0 Å². The molecule has 0 aromatic carbocycles. The standard InChI is InChI=1S/C11H12N2OS/c1-8(10-3-2-4-15-10)13-7-9(6-12)5-11(13)14/h2-4,8-9H,5,7H2,1H3. The zero-order valence-electron chi connectivity index (χ0n) is 8.51. The van der Waals surface area contributed by atoms with E-state index in [0.29, 0.717) is 13.0 Å². The molecule has 2 atom stereocenters. The number of carbonyl (C=O) groups excluding carboxylic acids is 1. The van der Waals surface area contributed by atoms with Crippen LogP contribution in [-0.4, -0.2) is 17.4 Å². The molecule has 0 radical (unpaired) electrons. The van der Waals surface area contributed by atoms with Gasteiger partial charge in [0.1, 0.15) is 0 Å². The fourth-order valence-electron chi connectivity index (χ4n) is 1.87. The molecule has 2 heterocycles. The van der Waals surface area contributed by atoms with Crippen molar-refractivity contribution in [3.05, 3.63) is 22.4 Å². The number of amides is 1. The van der Waals surface area contributed by atoms with Gasteiger partial charge in [0.05, 0.1) is 18.0 Å². The van der Waals surface area contributed by atoms with Crippen LogP contribution in [0.4, 0.5) is 0 Å². The molecular formula is C11H12N2OS. The van der Waals surface area contributed by atoms with E-state index < -0.39 is 0 Å². The fraction of sp³-hybridized carbons (Fsp3) is 0.455. The highest BCUT2D eigenvalue weighted by Crippen LogP contribution is 2.30. The molecule has 0 bridgehead atoms. The van der Waals surface area contributed by atoms with Gasteiger partial charge in [-0.1, -0.05) is 6.07 Å². The van der Waals surface area contributed by atoms with E-state index in [1.54, 1.807) is 16.2 Å². The number of hydrogen-bond acceptors (Lipinski definition) is 3. The van der Waals surface area contributed by atoms with Crippen LogP contribution >= 0.6 is 11.3 Å². The molecule has 1 fully saturated rings. The summed E-state index contributed by atoms with van der Waals surface area (Å²) in [7, 11) is 0. The highest BCUT2D eigenvalue weighted by Gasteiger charge is 2.33. The van der Waals surface area contributed by atoms with Gasteiger partial charge in [-0.2, -0.15) is 5.26 Å². The maximum Gasteiger partial charge on any atom is 0.224 e. The molecule has 1 aromatic heterocycles. The molecule has 1 saturated heterocycles. The maximum atomic E-state index is 11.7. The van der Waals surface area contributed by atoms with E-state index >= 15 is 0 Å². The van der Waals surface area contributed by atoms with Crippen molar-refractivity contribution in [3.8, 4) is 6.07 Å². The second kappa shape index (κ2) is 4.03. The summed E-state index contributed by atoms with van der Waals surface area (Å²) in [6.45, 7) is 2.60. The van der Waals surface area contributed by atoms with Crippen LogP contribution in [0.1, 0.15) is 24.3 Å². The second-order valence-electron chi connectivity index (χ2n) is 3.77. The Balaban J connectivity index is 2.12. The van der Waals surface area contributed by atoms with Gasteiger partial charge >= 0.3 is 0 Å². The van der Waals surface area contributed by atoms with E-state index in [1.165, 1.54) is 4.88 Å². The first-order valence-corrected chi connectivity index (χ1v) is 5.83. The van der Waals surface area contributed by atoms with Crippen LogP contribution in [0.25, 0.3) is 0 Å². The molecule has 1 aliphatic rings. The number of nitrogens with zero attached hydrogens (tertiary/aromatic N) is 2. The van der Waals surface area contributed by atoms with Crippen LogP contribution < -0.4 is 0 Å². The zero-order valence-corrected chi connectivity index (χ0v) is 9.33. The molecule has 78 valence electrons. The van der Waals surface area contributed by atoms with E-state index in [0.717, 1.165) is 0 Å². The quantitative estimate of drug-likeness (QED) is 0.766. The SMILES string of the molecule is CC(c1cccs1)N1CC(C#N)CC1=O. The van der Waals surface area contributed by atoms with Gasteiger partial charge in [0, 0.05) is 17.8 Å². The van der Waals surface area contributed by atoms with E-state index in [-0.39, 0.29) is 17.9 Å². The highest BCUT2D eigenvalue weighted by atomic mass is 32.1. The first-order chi connectivity index (χ1) is 7.22. The van der Waals surface area contributed by atoms with Crippen molar-refractivity contribution in [3.63, 3.8) is 0 Å². The van der Waals surface area contributed by atoms with E-state index in [2.05, 4.69) is 6.07 Å². The van der Waals surface area contributed by atoms with Gasteiger partial charge in [-0.05, 0) is 18.4 Å². The second-order valence-corrected chi connectivity index (χ2v) is 4.75. The van der Waals surface area contributed by atoms with Crippen molar-refractivity contribution < 1.29 is 4.79 Å². The van der Waals surface area contributed by atoms with Gasteiger partial charge in [0.25, 0.3) is 0 Å². The number of carbonyl (C=O) groups is 1. The van der Waals surface area contributed by atoms with Crippen molar-refractivity contribution in [2.24, 2.45) is 5.92 Å². The summed E-state index contributed by atoms with van der Waals surface area (Å²) in [5, 5.41) is 10.8. The molecule has 1 amide bonds. The molecule has 2 unspecified atom stereocenters. The summed E-state index contributed by atoms with van der Waals surface area (Å²) in [5.74, 6) is -0.0256. The molecule has 3 nitrogen and oxygen atoms in total. The Morgan fingerprint density at radius 2 is 2.53 bits per heavy atom. The predicted octanol–water partition coefficient (Wildman–Crippen LogP) is 2.18. The van der Waals surface area contributed by atoms with Crippen molar-refractivity contribution in [1.29, 1.82) is 5.26 Å². The average molecular weight is 220 g/mol. The summed E-state index contributed by atoms with van der Waals surface area (Å²) in [6.07, 6.45) is 0.381. The van der Waals surface area contributed by atoms with Gasteiger partial charge < -0.3 is 4.90 Å². The van der Waals surface area contributed by atoms with Crippen LogP contribution in [0.5, 0.6) is 0 Å². The van der Waals surface area contributed by atoms with E-state index in [1.807, 2.05) is 24.4 Å². The summed E-state index contributed by atoms with van der Waals surface area (Å²) in [4.78, 5) is 14.6. The van der Waals surface area contributed by atoms with Gasteiger partial charge in [-0.3, -0.25) is 4.79 Å². The monoisotopic (exact) mass is 220 g/mol. The number of nitriles is 1. The third kappa shape index (κ3) is 1.88. The average Bonchev–Trinajstić information content (AvgIpc) is 2.85. The fourth-order valence-corrected chi connectivity index (χ4v) is 2.67. The summed E-state index contributed by atoms with van der Waals surface area (Å²) < 4.78 is 0. The Bertz CT molecular complexity index is 393. The van der Waals surface area contributed by atoms with Crippen LogP contribution in [-0.2, 0) is 4.79 Å². The molecule has 0 saturated carbocycles. The van der Waals surface area contributed by atoms with Crippen LogP contribution in [0.3, 0.4) is 0 Å². The van der Waals surface area contributed by atoms with Gasteiger partial charge in [0.2, 0.25) is 5.91 Å². The predicted molar refractivity (Wildman–Crippen MR) is 58.2 cm³/mol. The maximum absolute atomic E-state index is 11.7. The lowest BCUT2D eigenvalue weighted by Crippen LogP contribution is -2.27. The summed E-state index contributed by atoms with van der Waals surface area (Å²) in [5.41, 5.74) is 0. The Morgan fingerprint density at radius 1 is 1.73 bits per heavy atom. The largest absolute Gasteiger partial charge is 0.334 e. The lowest BCUT2D eigenvalue weighted by molar-refractivity contribution is -0.129. The lowest BCUT2D eigenvalue weighted by atomic mass is 10.1. The number of hydrogen-bond donors (Lipinski definition) is 0. The number of likely N-dealkylation sites (tertiary alicyclic amines) is 1. The van der Waals surface area contributed by atoms with Crippen molar-refractivity contribution >= 4 is 17.2 Å². The molecule has 15 heavy (non-hydrogen) atoms. The van der Waals surface area contributed by atoms with Crippen molar-refractivity contribution in [2.75, 3.05) is 6.54 Å². The molecular weight excluding hydrogens is 208 g/mol. The zero-order chi connectivity index (χ0) is 10.8. The molecule has 0 spiro atoms. The Morgan fingerprint density at radius 3 is 3.07 bits per heavy atom. The smallest absolute Gasteiger partial charge is 0.224 e. The molecule has 0 aliphatic carbocycles. The Labute approximate surface area is 92.9 Å². The van der Waals surface area contributed by atoms with Gasteiger partial charge in [0.15, 0.2) is 0 Å². The van der Waals surface area contributed by atoms with Crippen LogP contribution in [0.15, 0.2) is 17.5 Å². The normalized spacial score (nSPS) is 22.8. The molecule has 1 aliphatic heterocycles. The molecule has 4 heteroatoms. The minimum absolute atomic E-state index is 0.0995. The van der Waals surface area contributed by atoms with E-state index in [4.69, 9.17) is 5.26 Å². The Hall–Kier alpha value is -1.34. The van der Waals surface area contributed by atoms with Crippen LogP contribution in [0.2, 0.25) is 0 Å². The topological polar surface area (TPSA) is 44.1 Å². The molecule has 2 rings (SSSR count). The van der Waals surface area contributed by atoms with E-state index in [9.17, 15) is 4.79 Å². The van der Waals surface area contributed by atoms with Crippen molar-refractivity contribution in [2.45, 2.75) is 19.4 Å². The number of thiophene rings is 1. The third-order valence-electron chi connectivity index (χ3n) is 2.76. The molecule has 1 aromatic rings.